The van der Waals surface area contributed by atoms with Gasteiger partial charge in [0.25, 0.3) is 0 Å². The zero-order valence-corrected chi connectivity index (χ0v) is 10.3. The summed E-state index contributed by atoms with van der Waals surface area (Å²) >= 11 is 0. The Hall–Kier alpha value is -2.09. The fraction of sp³-hybridized carbons (Fsp3) is 0.188. The van der Waals surface area contributed by atoms with E-state index in [0.29, 0.717) is 0 Å². The van der Waals surface area contributed by atoms with Gasteiger partial charge in [0.1, 0.15) is 0 Å². The van der Waals surface area contributed by atoms with Crippen molar-refractivity contribution in [2.24, 2.45) is 0 Å². The van der Waals surface area contributed by atoms with Gasteiger partial charge in [-0.15, -0.1) is 0 Å². The highest BCUT2D eigenvalue weighted by Gasteiger charge is 2.38. The third-order valence-corrected chi connectivity index (χ3v) is 3.48. The Morgan fingerprint density at radius 2 is 1.67 bits per heavy atom. The van der Waals surface area contributed by atoms with Crippen LogP contribution in [0.15, 0.2) is 54.6 Å². The summed E-state index contributed by atoms with van der Waals surface area (Å²) in [5, 5.41) is 0. The average Bonchev–Trinajstić information content (AvgIpc) is 2.41. The van der Waals surface area contributed by atoms with Crippen LogP contribution in [-0.4, -0.2) is 12.5 Å². The van der Waals surface area contributed by atoms with E-state index in [1.807, 2.05) is 59.5 Å². The van der Waals surface area contributed by atoms with Crippen molar-refractivity contribution in [3.05, 3.63) is 65.7 Å². The molecule has 0 radical (unpaired) electrons. The van der Waals surface area contributed by atoms with Crippen LogP contribution in [0, 0.1) is 6.92 Å². The second-order valence-electron chi connectivity index (χ2n) is 4.75. The van der Waals surface area contributed by atoms with E-state index < -0.39 is 0 Å². The number of hydrogen-bond donors (Lipinski definition) is 0. The summed E-state index contributed by atoms with van der Waals surface area (Å²) in [6.07, 6.45) is 0. The molecule has 1 fully saturated rings. The molecular weight excluding hydrogens is 222 g/mol. The normalized spacial score (nSPS) is 18.6. The molecule has 90 valence electrons. The van der Waals surface area contributed by atoms with E-state index in [0.717, 1.165) is 17.8 Å². The number of carbonyl (C=O) groups is 1. The first-order valence-corrected chi connectivity index (χ1v) is 6.19. The van der Waals surface area contributed by atoms with Gasteiger partial charge in [-0.1, -0.05) is 48.0 Å². The van der Waals surface area contributed by atoms with E-state index in [-0.39, 0.29) is 11.8 Å². The molecule has 1 saturated heterocycles. The van der Waals surface area contributed by atoms with E-state index in [9.17, 15) is 4.79 Å². The SMILES string of the molecule is Cc1ccc(N2CC(c3ccccc3)C2=O)cc1. The van der Waals surface area contributed by atoms with E-state index in [2.05, 4.69) is 6.92 Å². The zero-order chi connectivity index (χ0) is 12.5. The van der Waals surface area contributed by atoms with Gasteiger partial charge in [-0.25, -0.2) is 0 Å². The molecule has 2 aromatic carbocycles. The number of rotatable bonds is 2. The lowest BCUT2D eigenvalue weighted by Crippen LogP contribution is -2.50. The number of anilines is 1. The molecule has 2 heteroatoms. The summed E-state index contributed by atoms with van der Waals surface area (Å²) in [6, 6.07) is 18.1. The largest absolute Gasteiger partial charge is 0.311 e. The minimum atomic E-state index is 0.0347. The molecule has 0 aliphatic carbocycles. The summed E-state index contributed by atoms with van der Waals surface area (Å²) < 4.78 is 0. The van der Waals surface area contributed by atoms with Crippen molar-refractivity contribution in [3.63, 3.8) is 0 Å². The predicted molar refractivity (Wildman–Crippen MR) is 72.7 cm³/mol. The zero-order valence-electron chi connectivity index (χ0n) is 10.3. The van der Waals surface area contributed by atoms with Gasteiger partial charge in [-0.05, 0) is 24.6 Å². The lowest BCUT2D eigenvalue weighted by molar-refractivity contribution is -0.124. The minimum Gasteiger partial charge on any atom is -0.311 e. The van der Waals surface area contributed by atoms with Gasteiger partial charge in [0, 0.05) is 12.2 Å². The molecule has 1 heterocycles. The van der Waals surface area contributed by atoms with E-state index in [1.54, 1.807) is 0 Å². The maximum absolute atomic E-state index is 12.2. The van der Waals surface area contributed by atoms with Crippen molar-refractivity contribution in [2.75, 3.05) is 11.4 Å². The molecule has 2 nitrogen and oxygen atoms in total. The molecule has 1 amide bonds. The molecule has 3 rings (SSSR count). The van der Waals surface area contributed by atoms with Crippen LogP contribution in [0.1, 0.15) is 17.0 Å². The van der Waals surface area contributed by atoms with E-state index >= 15 is 0 Å². The topological polar surface area (TPSA) is 20.3 Å². The third kappa shape index (κ3) is 1.80. The number of hydrogen-bond acceptors (Lipinski definition) is 1. The fourth-order valence-electron chi connectivity index (χ4n) is 2.32. The summed E-state index contributed by atoms with van der Waals surface area (Å²) in [5.74, 6) is 0.234. The fourth-order valence-corrected chi connectivity index (χ4v) is 2.32. The molecule has 1 aliphatic rings. The monoisotopic (exact) mass is 237 g/mol. The summed E-state index contributed by atoms with van der Waals surface area (Å²) in [6.45, 7) is 2.83. The van der Waals surface area contributed by atoms with Crippen molar-refractivity contribution in [2.45, 2.75) is 12.8 Å². The Morgan fingerprint density at radius 1 is 1.00 bits per heavy atom. The van der Waals surface area contributed by atoms with Gasteiger partial charge in [-0.3, -0.25) is 4.79 Å². The molecule has 0 spiro atoms. The maximum atomic E-state index is 12.2. The molecule has 1 atom stereocenters. The Balaban J connectivity index is 1.77. The van der Waals surface area contributed by atoms with Crippen molar-refractivity contribution in [1.29, 1.82) is 0 Å². The Bertz CT molecular complexity index is 559. The third-order valence-electron chi connectivity index (χ3n) is 3.48. The summed E-state index contributed by atoms with van der Waals surface area (Å²) in [4.78, 5) is 14.0. The first kappa shape index (κ1) is 11.0. The highest BCUT2D eigenvalue weighted by Crippen LogP contribution is 2.32. The molecule has 0 aromatic heterocycles. The van der Waals surface area contributed by atoms with Crippen LogP contribution in [-0.2, 0) is 4.79 Å². The molecule has 2 aromatic rings. The van der Waals surface area contributed by atoms with Crippen molar-refractivity contribution in [3.8, 4) is 0 Å². The van der Waals surface area contributed by atoms with Crippen LogP contribution in [0.3, 0.4) is 0 Å². The van der Waals surface area contributed by atoms with Gasteiger partial charge < -0.3 is 4.90 Å². The van der Waals surface area contributed by atoms with Crippen molar-refractivity contribution < 1.29 is 4.79 Å². The summed E-state index contributed by atoms with van der Waals surface area (Å²) in [7, 11) is 0. The van der Waals surface area contributed by atoms with Crippen molar-refractivity contribution >= 4 is 11.6 Å². The van der Waals surface area contributed by atoms with Gasteiger partial charge in [-0.2, -0.15) is 0 Å². The van der Waals surface area contributed by atoms with Crippen LogP contribution >= 0.6 is 0 Å². The standard InChI is InChI=1S/C16H15NO/c1-12-7-9-14(10-8-12)17-11-15(16(17)18)13-5-3-2-4-6-13/h2-10,15H,11H2,1H3. The molecule has 1 unspecified atom stereocenters. The van der Waals surface area contributed by atoms with E-state index in [4.69, 9.17) is 0 Å². The van der Waals surface area contributed by atoms with Gasteiger partial charge in [0.2, 0.25) is 5.91 Å². The smallest absolute Gasteiger partial charge is 0.236 e. The number of aryl methyl sites for hydroxylation is 1. The first-order chi connectivity index (χ1) is 8.75. The van der Waals surface area contributed by atoms with Gasteiger partial charge in [0.05, 0.1) is 5.92 Å². The number of amides is 1. The minimum absolute atomic E-state index is 0.0347. The highest BCUT2D eigenvalue weighted by molar-refractivity contribution is 6.04. The Kier molecular flexibility index (Phi) is 2.63. The van der Waals surface area contributed by atoms with Crippen LogP contribution in [0.4, 0.5) is 5.69 Å². The predicted octanol–water partition coefficient (Wildman–Crippen LogP) is 3.13. The van der Waals surface area contributed by atoms with Crippen LogP contribution < -0.4 is 4.90 Å². The second kappa shape index (κ2) is 4.30. The first-order valence-electron chi connectivity index (χ1n) is 6.19. The van der Waals surface area contributed by atoms with Crippen LogP contribution in [0.25, 0.3) is 0 Å². The Labute approximate surface area is 107 Å². The molecule has 0 saturated carbocycles. The molecule has 1 aliphatic heterocycles. The lowest BCUT2D eigenvalue weighted by atomic mass is 9.90. The van der Waals surface area contributed by atoms with E-state index in [1.165, 1.54) is 5.56 Å². The number of carbonyl (C=O) groups excluding carboxylic acids is 1. The molecular formula is C16H15NO. The number of nitrogens with zero attached hydrogens (tertiary/aromatic N) is 1. The van der Waals surface area contributed by atoms with Crippen molar-refractivity contribution in [1.82, 2.24) is 0 Å². The molecule has 0 N–H and O–H groups in total. The maximum Gasteiger partial charge on any atom is 0.236 e. The Morgan fingerprint density at radius 3 is 2.28 bits per heavy atom. The van der Waals surface area contributed by atoms with Crippen LogP contribution in [0.2, 0.25) is 0 Å². The highest BCUT2D eigenvalue weighted by atomic mass is 16.2. The average molecular weight is 237 g/mol. The second-order valence-corrected chi connectivity index (χ2v) is 4.75. The lowest BCUT2D eigenvalue weighted by Gasteiger charge is -2.38. The number of β-lactam (4-membered cyclic amide) rings is 1. The molecule has 0 bridgehead atoms. The van der Waals surface area contributed by atoms with Gasteiger partial charge in [0.15, 0.2) is 0 Å². The molecule has 18 heavy (non-hydrogen) atoms. The summed E-state index contributed by atoms with van der Waals surface area (Å²) in [5.41, 5.74) is 3.33. The van der Waals surface area contributed by atoms with Crippen LogP contribution in [0.5, 0.6) is 0 Å². The van der Waals surface area contributed by atoms with Gasteiger partial charge >= 0.3 is 0 Å². The number of benzene rings is 2. The quantitative estimate of drug-likeness (QED) is 0.735.